The normalized spacial score (nSPS) is 13.9. The third-order valence-electron chi connectivity index (χ3n) is 8.26. The van der Waals surface area contributed by atoms with Crippen molar-refractivity contribution in [3.05, 3.63) is 150 Å². The van der Waals surface area contributed by atoms with Crippen molar-refractivity contribution in [2.24, 2.45) is 0 Å². The van der Waals surface area contributed by atoms with Gasteiger partial charge in [-0.1, -0.05) is 91.0 Å². The number of rotatable bonds is 7. The quantitative estimate of drug-likeness (QED) is 0.225. The zero-order valence-electron chi connectivity index (χ0n) is 23.6. The van der Waals surface area contributed by atoms with E-state index in [1.165, 1.54) is 6.07 Å². The molecular weight excluding hydrogens is 539 g/mol. The molecule has 6 aromatic rings. The summed E-state index contributed by atoms with van der Waals surface area (Å²) in [4.78, 5) is 6.85. The highest BCUT2D eigenvalue weighted by atomic mass is 19.1. The van der Waals surface area contributed by atoms with Gasteiger partial charge in [-0.2, -0.15) is 5.10 Å². The number of nitrogens with zero attached hydrogens (tertiary/aromatic N) is 4. The number of halogens is 1. The van der Waals surface area contributed by atoms with E-state index in [1.807, 2.05) is 71.4 Å². The molecule has 3 heterocycles. The molecule has 0 bridgehead atoms. The van der Waals surface area contributed by atoms with Gasteiger partial charge in [0, 0.05) is 41.9 Å². The number of benzene rings is 4. The van der Waals surface area contributed by atoms with Crippen LogP contribution in [-0.2, 0) is 16.9 Å². The highest BCUT2D eigenvalue weighted by Crippen LogP contribution is 2.44. The Labute approximate surface area is 249 Å². The van der Waals surface area contributed by atoms with Crippen LogP contribution in [0.2, 0.25) is 0 Å². The molecule has 7 heteroatoms. The topological polar surface area (TPSA) is 63.4 Å². The molecule has 6 nitrogen and oxygen atoms in total. The molecular formula is C36H31FN4O2. The van der Waals surface area contributed by atoms with Crippen LogP contribution in [-0.4, -0.2) is 46.2 Å². The maximum atomic E-state index is 15.6. The van der Waals surface area contributed by atoms with Crippen LogP contribution in [0.4, 0.5) is 10.2 Å². The molecule has 1 fully saturated rings. The number of morpholine rings is 1. The highest BCUT2D eigenvalue weighted by Gasteiger charge is 2.41. The lowest BCUT2D eigenvalue weighted by atomic mass is 9.77. The number of anilines is 1. The minimum Gasteiger partial charge on any atom is -0.392 e. The summed E-state index contributed by atoms with van der Waals surface area (Å²) >= 11 is 0. The Kier molecular flexibility index (Phi) is 7.19. The second-order valence-electron chi connectivity index (χ2n) is 10.7. The lowest BCUT2D eigenvalue weighted by Gasteiger charge is -2.37. The number of aromatic nitrogens is 3. The predicted molar refractivity (Wildman–Crippen MR) is 166 cm³/mol. The number of fused-ring (bicyclic) bond motifs is 1. The summed E-state index contributed by atoms with van der Waals surface area (Å²) in [5.74, 6) is 0.364. The van der Waals surface area contributed by atoms with Crippen LogP contribution in [0, 0.1) is 5.82 Å². The van der Waals surface area contributed by atoms with Gasteiger partial charge in [0.1, 0.15) is 22.9 Å². The summed E-state index contributed by atoms with van der Waals surface area (Å²) in [5, 5.41) is 16.2. The number of hydrogen-bond acceptors (Lipinski definition) is 5. The van der Waals surface area contributed by atoms with E-state index >= 15 is 4.39 Å². The molecule has 4 aromatic carbocycles. The fourth-order valence-corrected chi connectivity index (χ4v) is 6.21. The first-order valence-electron chi connectivity index (χ1n) is 14.5. The van der Waals surface area contributed by atoms with Gasteiger partial charge in [-0.05, 0) is 34.9 Å². The molecule has 0 unspecified atom stereocenters. The van der Waals surface area contributed by atoms with Gasteiger partial charge in [0.15, 0.2) is 0 Å². The molecule has 1 saturated heterocycles. The SMILES string of the molecule is OCc1cc2c(-c3ccnc(N4CCOCC4)c3)nn(C(c3ccccc3)(c3ccccc3)c3ccccc3)c2cc1F. The van der Waals surface area contributed by atoms with Gasteiger partial charge in [0.2, 0.25) is 0 Å². The van der Waals surface area contributed by atoms with Gasteiger partial charge < -0.3 is 14.7 Å². The molecule has 214 valence electrons. The smallest absolute Gasteiger partial charge is 0.138 e. The maximum Gasteiger partial charge on any atom is 0.138 e. The summed E-state index contributed by atoms with van der Waals surface area (Å²) in [6, 6.07) is 37.8. The average molecular weight is 571 g/mol. The first-order valence-corrected chi connectivity index (χ1v) is 14.5. The molecule has 1 N–H and O–H groups in total. The fourth-order valence-electron chi connectivity index (χ4n) is 6.21. The van der Waals surface area contributed by atoms with Gasteiger partial charge in [-0.15, -0.1) is 0 Å². The molecule has 0 aliphatic carbocycles. The van der Waals surface area contributed by atoms with Crippen LogP contribution >= 0.6 is 0 Å². The Morgan fingerprint density at radius 1 is 0.767 bits per heavy atom. The predicted octanol–water partition coefficient (Wildman–Crippen LogP) is 6.41. The number of ether oxygens (including phenoxy) is 1. The third kappa shape index (κ3) is 4.67. The standard InChI is InChI=1S/C36H31FN4O2/c37-32-24-33-31(22-27(32)25-42)35(26-16-17-38-34(23-26)40-18-20-43-21-19-40)39-41(33)36(28-10-4-1-5-11-28,29-12-6-2-7-13-29)30-14-8-3-9-15-30/h1-17,22-24,42H,18-21,25H2. The van der Waals surface area contributed by atoms with Crippen LogP contribution in [0.3, 0.4) is 0 Å². The Balaban J connectivity index is 1.57. The van der Waals surface area contributed by atoms with Crippen molar-refractivity contribution in [3.8, 4) is 11.3 Å². The number of pyridine rings is 1. The molecule has 1 aliphatic heterocycles. The summed E-state index contributed by atoms with van der Waals surface area (Å²) in [7, 11) is 0. The molecule has 0 spiro atoms. The van der Waals surface area contributed by atoms with Crippen LogP contribution in [0.1, 0.15) is 22.3 Å². The fraction of sp³-hybridized carbons (Fsp3) is 0.167. The molecule has 0 saturated carbocycles. The molecule has 43 heavy (non-hydrogen) atoms. The summed E-state index contributed by atoms with van der Waals surface area (Å²) in [6.07, 6.45) is 1.79. The minimum atomic E-state index is -0.937. The van der Waals surface area contributed by atoms with Crippen molar-refractivity contribution in [3.63, 3.8) is 0 Å². The molecule has 0 amide bonds. The van der Waals surface area contributed by atoms with Gasteiger partial charge in [-0.3, -0.25) is 0 Å². The maximum absolute atomic E-state index is 15.6. The second kappa shape index (κ2) is 11.4. The summed E-state index contributed by atoms with van der Waals surface area (Å²) < 4.78 is 23.1. The average Bonchev–Trinajstić information content (AvgIpc) is 3.45. The van der Waals surface area contributed by atoms with E-state index < -0.39 is 18.0 Å². The first-order chi connectivity index (χ1) is 21.2. The van der Waals surface area contributed by atoms with Crippen LogP contribution in [0.5, 0.6) is 0 Å². The van der Waals surface area contributed by atoms with Crippen molar-refractivity contribution in [2.45, 2.75) is 12.1 Å². The van der Waals surface area contributed by atoms with Crippen LogP contribution in [0.25, 0.3) is 22.2 Å². The number of aliphatic hydroxyl groups excluding tert-OH is 1. The Morgan fingerprint density at radius 3 is 1.91 bits per heavy atom. The second-order valence-corrected chi connectivity index (χ2v) is 10.7. The van der Waals surface area contributed by atoms with Crippen molar-refractivity contribution < 1.29 is 14.2 Å². The first kappa shape index (κ1) is 27.0. The van der Waals surface area contributed by atoms with E-state index in [-0.39, 0.29) is 5.56 Å². The summed E-state index contributed by atoms with van der Waals surface area (Å²) in [6.45, 7) is 2.39. The van der Waals surface area contributed by atoms with Crippen molar-refractivity contribution in [1.82, 2.24) is 14.8 Å². The third-order valence-corrected chi connectivity index (χ3v) is 8.26. The Hall–Kier alpha value is -4.85. The molecule has 0 atom stereocenters. The summed E-state index contributed by atoms with van der Waals surface area (Å²) in [5.41, 5.74) is 4.41. The van der Waals surface area contributed by atoms with Crippen LogP contribution < -0.4 is 4.90 Å². The zero-order valence-corrected chi connectivity index (χ0v) is 23.6. The van der Waals surface area contributed by atoms with E-state index in [0.29, 0.717) is 24.4 Å². The largest absolute Gasteiger partial charge is 0.392 e. The molecule has 1 aliphatic rings. The van der Waals surface area contributed by atoms with Crippen molar-refractivity contribution in [1.29, 1.82) is 0 Å². The number of hydrogen-bond donors (Lipinski definition) is 1. The van der Waals surface area contributed by atoms with Gasteiger partial charge in [0.05, 0.1) is 25.3 Å². The van der Waals surface area contributed by atoms with Crippen molar-refractivity contribution >= 4 is 16.7 Å². The minimum absolute atomic E-state index is 0.223. The van der Waals surface area contributed by atoms with Crippen LogP contribution in [0.15, 0.2) is 121 Å². The van der Waals surface area contributed by atoms with Crippen molar-refractivity contribution in [2.75, 3.05) is 31.2 Å². The van der Waals surface area contributed by atoms with Gasteiger partial charge >= 0.3 is 0 Å². The highest BCUT2D eigenvalue weighted by molar-refractivity contribution is 5.95. The Morgan fingerprint density at radius 2 is 1.35 bits per heavy atom. The van der Waals surface area contributed by atoms with E-state index in [9.17, 15) is 5.11 Å². The zero-order chi connectivity index (χ0) is 29.2. The van der Waals surface area contributed by atoms with E-state index in [1.54, 1.807) is 12.3 Å². The molecule has 7 rings (SSSR count). The van der Waals surface area contributed by atoms with E-state index in [2.05, 4.69) is 46.3 Å². The van der Waals surface area contributed by atoms with E-state index in [4.69, 9.17) is 9.84 Å². The van der Waals surface area contributed by atoms with Gasteiger partial charge in [0.25, 0.3) is 0 Å². The van der Waals surface area contributed by atoms with E-state index in [0.717, 1.165) is 46.5 Å². The number of aliphatic hydroxyl groups is 1. The van der Waals surface area contributed by atoms with Gasteiger partial charge in [-0.25, -0.2) is 14.1 Å². The lowest BCUT2D eigenvalue weighted by molar-refractivity contribution is 0.122. The lowest BCUT2D eigenvalue weighted by Crippen LogP contribution is -2.38. The molecule has 2 aromatic heterocycles. The molecule has 0 radical (unpaired) electrons. The Bertz CT molecular complexity index is 1760. The monoisotopic (exact) mass is 570 g/mol.